The quantitative estimate of drug-likeness (QED) is 0.655. The van der Waals surface area contributed by atoms with Crippen molar-refractivity contribution in [3.8, 4) is 0 Å². The summed E-state index contributed by atoms with van der Waals surface area (Å²) < 4.78 is 51.3. The molecule has 1 atom stereocenters. The minimum absolute atomic E-state index is 0.106. The Bertz CT molecular complexity index is 625. The van der Waals surface area contributed by atoms with Crippen LogP contribution in [0, 0.1) is 5.82 Å². The van der Waals surface area contributed by atoms with Crippen molar-refractivity contribution >= 4 is 5.69 Å². The van der Waals surface area contributed by atoms with Gasteiger partial charge in [-0.1, -0.05) is 24.3 Å². The summed E-state index contributed by atoms with van der Waals surface area (Å²) in [7, 11) is 0. The standard InChI is InChI=1S/C14H11F4NO/c15-9-4-1-3-8(7-9)13(20)10-5-2-6-11(12(10)19)14(16,17)18/h1-7,13,20H,19H2. The van der Waals surface area contributed by atoms with E-state index in [0.29, 0.717) is 0 Å². The maximum absolute atomic E-state index is 13.1. The lowest BCUT2D eigenvalue weighted by atomic mass is 9.97. The number of hydrogen-bond acceptors (Lipinski definition) is 2. The van der Waals surface area contributed by atoms with E-state index in [1.807, 2.05) is 0 Å². The molecule has 0 amide bonds. The molecule has 2 aromatic rings. The van der Waals surface area contributed by atoms with Gasteiger partial charge < -0.3 is 10.8 Å². The summed E-state index contributed by atoms with van der Waals surface area (Å²) in [6, 6.07) is 8.25. The molecule has 2 aromatic carbocycles. The van der Waals surface area contributed by atoms with E-state index < -0.39 is 29.3 Å². The number of aliphatic hydroxyl groups excluding tert-OH is 1. The molecular formula is C14H11F4NO. The lowest BCUT2D eigenvalue weighted by molar-refractivity contribution is -0.137. The molecule has 2 nitrogen and oxygen atoms in total. The van der Waals surface area contributed by atoms with E-state index in [-0.39, 0.29) is 11.1 Å². The number of anilines is 1. The lowest BCUT2D eigenvalue weighted by Gasteiger charge is -2.17. The predicted molar refractivity (Wildman–Crippen MR) is 66.3 cm³/mol. The third-order valence-corrected chi connectivity index (χ3v) is 2.90. The first-order valence-corrected chi connectivity index (χ1v) is 5.70. The van der Waals surface area contributed by atoms with Gasteiger partial charge in [0.15, 0.2) is 0 Å². The lowest BCUT2D eigenvalue weighted by Crippen LogP contribution is -2.13. The van der Waals surface area contributed by atoms with E-state index in [1.54, 1.807) is 0 Å². The average Bonchev–Trinajstić information content (AvgIpc) is 2.37. The maximum atomic E-state index is 13.1. The number of nitrogens with two attached hydrogens (primary N) is 1. The highest BCUT2D eigenvalue weighted by Crippen LogP contribution is 2.38. The van der Waals surface area contributed by atoms with Crippen LogP contribution in [0.15, 0.2) is 42.5 Å². The average molecular weight is 285 g/mol. The first-order chi connectivity index (χ1) is 9.30. The summed E-state index contributed by atoms with van der Waals surface area (Å²) in [4.78, 5) is 0. The fraction of sp³-hybridized carbons (Fsp3) is 0.143. The van der Waals surface area contributed by atoms with Crippen LogP contribution in [0.5, 0.6) is 0 Å². The van der Waals surface area contributed by atoms with Gasteiger partial charge in [0.1, 0.15) is 11.9 Å². The van der Waals surface area contributed by atoms with Gasteiger partial charge in [0.05, 0.1) is 5.56 Å². The highest BCUT2D eigenvalue weighted by molar-refractivity contribution is 5.57. The van der Waals surface area contributed by atoms with Crippen LogP contribution in [-0.2, 0) is 6.18 Å². The van der Waals surface area contributed by atoms with Crippen molar-refractivity contribution < 1.29 is 22.7 Å². The van der Waals surface area contributed by atoms with Crippen LogP contribution in [0.2, 0.25) is 0 Å². The van der Waals surface area contributed by atoms with Crippen molar-refractivity contribution in [2.75, 3.05) is 5.73 Å². The molecule has 0 heterocycles. The molecule has 6 heteroatoms. The molecule has 0 aliphatic heterocycles. The zero-order chi connectivity index (χ0) is 14.9. The van der Waals surface area contributed by atoms with Crippen LogP contribution < -0.4 is 5.73 Å². The SMILES string of the molecule is Nc1c(C(O)c2cccc(F)c2)cccc1C(F)(F)F. The molecule has 2 rings (SSSR count). The Kier molecular flexibility index (Phi) is 3.67. The number of benzene rings is 2. The number of halogens is 4. The van der Waals surface area contributed by atoms with Crippen LogP contribution in [0.3, 0.4) is 0 Å². The highest BCUT2D eigenvalue weighted by atomic mass is 19.4. The minimum atomic E-state index is -4.61. The van der Waals surface area contributed by atoms with Gasteiger partial charge in [-0.15, -0.1) is 0 Å². The van der Waals surface area contributed by atoms with Gasteiger partial charge >= 0.3 is 6.18 Å². The molecule has 0 aliphatic rings. The number of nitrogen functional groups attached to an aromatic ring is 1. The van der Waals surface area contributed by atoms with E-state index in [2.05, 4.69) is 0 Å². The Morgan fingerprint density at radius 3 is 2.30 bits per heavy atom. The number of para-hydroxylation sites is 1. The molecule has 0 radical (unpaired) electrons. The third kappa shape index (κ3) is 2.75. The molecule has 0 aliphatic carbocycles. The molecule has 0 fully saturated rings. The fourth-order valence-electron chi connectivity index (χ4n) is 1.92. The minimum Gasteiger partial charge on any atom is -0.398 e. The second kappa shape index (κ2) is 5.13. The van der Waals surface area contributed by atoms with Crippen molar-refractivity contribution in [1.82, 2.24) is 0 Å². The number of hydrogen-bond donors (Lipinski definition) is 2. The molecule has 0 saturated carbocycles. The van der Waals surface area contributed by atoms with Crippen LogP contribution in [0.1, 0.15) is 22.8 Å². The van der Waals surface area contributed by atoms with Crippen LogP contribution in [-0.4, -0.2) is 5.11 Å². The van der Waals surface area contributed by atoms with Crippen molar-refractivity contribution in [3.63, 3.8) is 0 Å². The van der Waals surface area contributed by atoms with Gasteiger partial charge in [-0.05, 0) is 23.8 Å². The Hall–Kier alpha value is -2.08. The Balaban J connectivity index is 2.48. The Morgan fingerprint density at radius 2 is 1.70 bits per heavy atom. The van der Waals surface area contributed by atoms with E-state index in [0.717, 1.165) is 18.2 Å². The summed E-state index contributed by atoms with van der Waals surface area (Å²) in [6.07, 6.45) is -6.03. The summed E-state index contributed by atoms with van der Waals surface area (Å²) in [5.74, 6) is -0.591. The zero-order valence-electron chi connectivity index (χ0n) is 10.2. The topological polar surface area (TPSA) is 46.2 Å². The molecule has 1 unspecified atom stereocenters. The van der Waals surface area contributed by atoms with Crippen molar-refractivity contribution in [2.45, 2.75) is 12.3 Å². The predicted octanol–water partition coefficient (Wildman–Crippen LogP) is 3.51. The summed E-state index contributed by atoms with van der Waals surface area (Å²) >= 11 is 0. The number of rotatable bonds is 2. The van der Waals surface area contributed by atoms with Crippen molar-refractivity contribution in [3.05, 3.63) is 65.0 Å². The van der Waals surface area contributed by atoms with E-state index in [4.69, 9.17) is 5.73 Å². The van der Waals surface area contributed by atoms with Gasteiger partial charge in [0.25, 0.3) is 0 Å². The number of alkyl halides is 3. The second-order valence-corrected chi connectivity index (χ2v) is 4.26. The summed E-state index contributed by atoms with van der Waals surface area (Å²) in [5, 5.41) is 10.1. The zero-order valence-corrected chi connectivity index (χ0v) is 10.2. The Labute approximate surface area is 112 Å². The van der Waals surface area contributed by atoms with Crippen LogP contribution in [0.4, 0.5) is 23.2 Å². The fourth-order valence-corrected chi connectivity index (χ4v) is 1.92. The Morgan fingerprint density at radius 1 is 1.05 bits per heavy atom. The molecule has 0 bridgehead atoms. The molecule has 106 valence electrons. The first kappa shape index (κ1) is 14.3. The van der Waals surface area contributed by atoms with Crippen LogP contribution in [0.25, 0.3) is 0 Å². The van der Waals surface area contributed by atoms with Gasteiger partial charge in [-0.25, -0.2) is 4.39 Å². The van der Waals surface area contributed by atoms with Gasteiger partial charge in [-0.2, -0.15) is 13.2 Å². The smallest absolute Gasteiger partial charge is 0.398 e. The van der Waals surface area contributed by atoms with Crippen molar-refractivity contribution in [1.29, 1.82) is 0 Å². The highest BCUT2D eigenvalue weighted by Gasteiger charge is 2.34. The first-order valence-electron chi connectivity index (χ1n) is 5.70. The summed E-state index contributed by atoms with van der Waals surface area (Å²) in [6.45, 7) is 0. The molecule has 3 N–H and O–H groups in total. The van der Waals surface area contributed by atoms with Gasteiger partial charge in [0, 0.05) is 11.3 Å². The molecule has 20 heavy (non-hydrogen) atoms. The van der Waals surface area contributed by atoms with Crippen molar-refractivity contribution in [2.24, 2.45) is 0 Å². The van der Waals surface area contributed by atoms with Crippen LogP contribution >= 0.6 is 0 Å². The molecule has 0 aromatic heterocycles. The monoisotopic (exact) mass is 285 g/mol. The van der Waals surface area contributed by atoms with E-state index in [9.17, 15) is 22.7 Å². The van der Waals surface area contributed by atoms with E-state index >= 15 is 0 Å². The molecular weight excluding hydrogens is 274 g/mol. The second-order valence-electron chi connectivity index (χ2n) is 4.26. The van der Waals surface area contributed by atoms with Gasteiger partial charge in [-0.3, -0.25) is 0 Å². The molecule has 0 spiro atoms. The normalized spacial score (nSPS) is 13.2. The molecule has 0 saturated heterocycles. The maximum Gasteiger partial charge on any atom is 0.418 e. The number of aliphatic hydroxyl groups is 1. The van der Waals surface area contributed by atoms with Gasteiger partial charge in [0.2, 0.25) is 0 Å². The summed E-state index contributed by atoms with van der Waals surface area (Å²) in [5.41, 5.74) is 3.92. The van der Waals surface area contributed by atoms with E-state index in [1.165, 1.54) is 24.3 Å². The largest absolute Gasteiger partial charge is 0.418 e. The third-order valence-electron chi connectivity index (χ3n) is 2.90.